The van der Waals surface area contributed by atoms with Crippen molar-refractivity contribution in [2.45, 2.75) is 50.2 Å². The van der Waals surface area contributed by atoms with E-state index in [9.17, 15) is 35.5 Å². The zero-order valence-corrected chi connectivity index (χ0v) is 17.6. The summed E-state index contributed by atoms with van der Waals surface area (Å²) in [6.45, 7) is 1.35. The van der Waals surface area contributed by atoms with Gasteiger partial charge in [0.1, 0.15) is 5.82 Å². The van der Waals surface area contributed by atoms with Crippen molar-refractivity contribution in [2.24, 2.45) is 5.92 Å². The first-order chi connectivity index (χ1) is 15.3. The predicted molar refractivity (Wildman–Crippen MR) is 104 cm³/mol. The number of esters is 1. The van der Waals surface area contributed by atoms with Crippen molar-refractivity contribution in [1.82, 2.24) is 0 Å². The van der Waals surface area contributed by atoms with Gasteiger partial charge in [0.2, 0.25) is 0 Å². The lowest BCUT2D eigenvalue weighted by Crippen LogP contribution is -2.27. The summed E-state index contributed by atoms with van der Waals surface area (Å²) in [4.78, 5) is 12.3. The van der Waals surface area contributed by atoms with Crippen LogP contribution < -0.4 is 0 Å². The molecule has 0 radical (unpaired) electrons. The van der Waals surface area contributed by atoms with Crippen LogP contribution >= 0.6 is 0 Å². The monoisotopic (exact) mass is 478 g/mol. The van der Waals surface area contributed by atoms with Gasteiger partial charge in [-0.2, -0.15) is 26.3 Å². The van der Waals surface area contributed by atoms with Crippen molar-refractivity contribution in [2.75, 3.05) is 7.11 Å². The van der Waals surface area contributed by atoms with Gasteiger partial charge in [0.05, 0.1) is 36.4 Å². The van der Waals surface area contributed by atoms with Crippen molar-refractivity contribution < 1.29 is 45.0 Å². The van der Waals surface area contributed by atoms with Crippen molar-refractivity contribution in [1.29, 1.82) is 0 Å². The highest BCUT2D eigenvalue weighted by atomic mass is 19.4. The SMILES string of the molecule is COC(=O)[C@H]1CC[C@H](O[C@@H](C)c2cc(C(F)(F)F)cc(C(F)(F)F)c2)[C@@H]1c1ccc(F)cc1. The highest BCUT2D eigenvalue weighted by Gasteiger charge is 2.44. The summed E-state index contributed by atoms with van der Waals surface area (Å²) in [5.41, 5.74) is -2.61. The van der Waals surface area contributed by atoms with Crippen LogP contribution in [0.5, 0.6) is 0 Å². The Bertz CT molecular complexity index is 951. The molecule has 0 spiro atoms. The molecule has 33 heavy (non-hydrogen) atoms. The van der Waals surface area contributed by atoms with Crippen LogP contribution in [-0.2, 0) is 26.6 Å². The predicted octanol–water partition coefficient (Wildman–Crippen LogP) is 6.68. The van der Waals surface area contributed by atoms with E-state index >= 15 is 0 Å². The molecule has 10 heteroatoms. The lowest BCUT2D eigenvalue weighted by Gasteiger charge is -2.28. The maximum Gasteiger partial charge on any atom is 0.416 e. The first-order valence-corrected chi connectivity index (χ1v) is 10.1. The van der Waals surface area contributed by atoms with Crippen molar-refractivity contribution in [3.8, 4) is 0 Å². The quantitative estimate of drug-likeness (QED) is 0.356. The van der Waals surface area contributed by atoms with E-state index in [1.807, 2.05) is 0 Å². The molecular formula is C23H21F7O3. The van der Waals surface area contributed by atoms with Crippen LogP contribution in [0.2, 0.25) is 0 Å². The molecule has 0 aromatic heterocycles. The number of carbonyl (C=O) groups is 1. The number of ether oxygens (including phenoxy) is 2. The van der Waals surface area contributed by atoms with E-state index < -0.39 is 59.3 Å². The molecule has 0 amide bonds. The standard InChI is InChI=1S/C23H21F7O3/c1-12(14-9-15(22(25,26)27)11-16(10-14)23(28,29)30)33-19-8-7-18(21(31)32-2)20(19)13-3-5-17(24)6-4-13/h3-6,9-12,18-20H,7-8H2,1-2H3/t12-,18-,19-,20+/m0/s1. The number of benzene rings is 2. The van der Waals surface area contributed by atoms with Crippen molar-refractivity contribution in [3.05, 3.63) is 70.5 Å². The second-order valence-corrected chi connectivity index (χ2v) is 7.94. The maximum absolute atomic E-state index is 13.4. The summed E-state index contributed by atoms with van der Waals surface area (Å²) in [5, 5.41) is 0. The topological polar surface area (TPSA) is 35.5 Å². The minimum Gasteiger partial charge on any atom is -0.469 e. The average molecular weight is 478 g/mol. The number of rotatable bonds is 5. The van der Waals surface area contributed by atoms with E-state index in [1.54, 1.807) is 0 Å². The fraction of sp³-hybridized carbons (Fsp3) is 0.435. The highest BCUT2D eigenvalue weighted by Crippen LogP contribution is 2.45. The summed E-state index contributed by atoms with van der Waals surface area (Å²) in [6, 6.07) is 6.64. The van der Waals surface area contributed by atoms with Crippen LogP contribution in [0.1, 0.15) is 54.0 Å². The maximum atomic E-state index is 13.4. The van der Waals surface area contributed by atoms with Gasteiger partial charge in [-0.15, -0.1) is 0 Å². The Hall–Kier alpha value is -2.62. The van der Waals surface area contributed by atoms with E-state index in [0.717, 1.165) is 0 Å². The molecule has 0 aliphatic heterocycles. The number of alkyl halides is 6. The molecule has 0 heterocycles. The van der Waals surface area contributed by atoms with Gasteiger partial charge in [-0.1, -0.05) is 12.1 Å². The highest BCUT2D eigenvalue weighted by molar-refractivity contribution is 5.74. The third-order valence-corrected chi connectivity index (χ3v) is 5.81. The minimum atomic E-state index is -4.98. The van der Waals surface area contributed by atoms with E-state index in [-0.39, 0.29) is 11.6 Å². The summed E-state index contributed by atoms with van der Waals surface area (Å²) in [7, 11) is 1.21. The number of hydrogen-bond acceptors (Lipinski definition) is 3. The molecule has 0 bridgehead atoms. The van der Waals surface area contributed by atoms with Gasteiger partial charge in [0.15, 0.2) is 0 Å². The van der Waals surface area contributed by atoms with Crippen LogP contribution in [0, 0.1) is 11.7 Å². The third kappa shape index (κ3) is 5.66. The molecule has 1 saturated carbocycles. The molecule has 2 aromatic carbocycles. The van der Waals surface area contributed by atoms with Gasteiger partial charge in [0, 0.05) is 5.92 Å². The molecule has 1 aliphatic carbocycles. The normalized spacial score (nSPS) is 22.3. The molecular weight excluding hydrogens is 457 g/mol. The van der Waals surface area contributed by atoms with Crippen LogP contribution in [-0.4, -0.2) is 19.2 Å². The Morgan fingerprint density at radius 3 is 1.97 bits per heavy atom. The molecule has 2 aromatic rings. The Kier molecular flexibility index (Phi) is 7.07. The van der Waals surface area contributed by atoms with Gasteiger partial charge >= 0.3 is 18.3 Å². The molecule has 0 N–H and O–H groups in total. The first-order valence-electron chi connectivity index (χ1n) is 10.1. The lowest BCUT2D eigenvalue weighted by molar-refractivity contribution is -0.147. The van der Waals surface area contributed by atoms with Crippen LogP contribution in [0.3, 0.4) is 0 Å². The van der Waals surface area contributed by atoms with Crippen molar-refractivity contribution in [3.63, 3.8) is 0 Å². The van der Waals surface area contributed by atoms with E-state index in [2.05, 4.69) is 0 Å². The van der Waals surface area contributed by atoms with E-state index in [1.165, 1.54) is 38.3 Å². The molecule has 1 fully saturated rings. The Balaban J connectivity index is 1.94. The molecule has 180 valence electrons. The van der Waals surface area contributed by atoms with Crippen molar-refractivity contribution >= 4 is 5.97 Å². The fourth-order valence-corrected chi connectivity index (χ4v) is 4.22. The van der Waals surface area contributed by atoms with Gasteiger partial charge < -0.3 is 9.47 Å². The zero-order valence-electron chi connectivity index (χ0n) is 17.6. The molecule has 3 rings (SSSR count). The van der Waals surface area contributed by atoms with Gasteiger partial charge in [-0.05, 0) is 61.2 Å². The molecule has 4 atom stereocenters. The van der Waals surface area contributed by atoms with Gasteiger partial charge in [-0.3, -0.25) is 4.79 Å². The van der Waals surface area contributed by atoms with Crippen LogP contribution in [0.15, 0.2) is 42.5 Å². The summed E-state index contributed by atoms with van der Waals surface area (Å²) >= 11 is 0. The summed E-state index contributed by atoms with van der Waals surface area (Å²) in [6.07, 6.45) is -11.2. The van der Waals surface area contributed by atoms with E-state index in [0.29, 0.717) is 30.5 Å². The zero-order chi connectivity index (χ0) is 24.6. The smallest absolute Gasteiger partial charge is 0.416 e. The number of carbonyl (C=O) groups excluding carboxylic acids is 1. The Morgan fingerprint density at radius 2 is 1.48 bits per heavy atom. The Morgan fingerprint density at radius 1 is 0.939 bits per heavy atom. The summed E-state index contributed by atoms with van der Waals surface area (Å²) in [5.74, 6) is -2.28. The lowest BCUT2D eigenvalue weighted by atomic mass is 9.87. The average Bonchev–Trinajstić information content (AvgIpc) is 3.15. The second kappa shape index (κ2) is 9.32. The number of hydrogen-bond donors (Lipinski definition) is 0. The van der Waals surface area contributed by atoms with Gasteiger partial charge in [0.25, 0.3) is 0 Å². The minimum absolute atomic E-state index is 0.0559. The second-order valence-electron chi connectivity index (χ2n) is 7.94. The fourth-order valence-electron chi connectivity index (χ4n) is 4.22. The number of methoxy groups -OCH3 is 1. The summed E-state index contributed by atoms with van der Waals surface area (Å²) < 4.78 is 103. The van der Waals surface area contributed by atoms with Crippen LogP contribution in [0.25, 0.3) is 0 Å². The first kappa shape index (κ1) is 25.0. The number of halogens is 7. The van der Waals surface area contributed by atoms with Gasteiger partial charge in [-0.25, -0.2) is 4.39 Å². The molecule has 0 unspecified atom stereocenters. The molecule has 1 aliphatic rings. The molecule has 3 nitrogen and oxygen atoms in total. The third-order valence-electron chi connectivity index (χ3n) is 5.81. The Labute approximate surface area is 185 Å². The van der Waals surface area contributed by atoms with Crippen LogP contribution in [0.4, 0.5) is 30.7 Å². The van der Waals surface area contributed by atoms with E-state index in [4.69, 9.17) is 9.47 Å². The largest absolute Gasteiger partial charge is 0.469 e. The molecule has 0 saturated heterocycles.